The highest BCUT2D eigenvalue weighted by molar-refractivity contribution is 7.13. The first-order valence-corrected chi connectivity index (χ1v) is 6.71. The van der Waals surface area contributed by atoms with E-state index in [2.05, 4.69) is 10.3 Å². The van der Waals surface area contributed by atoms with E-state index in [1.165, 1.54) is 17.6 Å². The third-order valence-electron chi connectivity index (χ3n) is 2.47. The predicted molar refractivity (Wildman–Crippen MR) is 85.0 cm³/mol. The van der Waals surface area contributed by atoms with E-state index in [1.807, 2.05) is 17.5 Å². The molecule has 0 atom stereocenters. The predicted octanol–water partition coefficient (Wildman–Crippen LogP) is 2.50. The normalized spacial score (nSPS) is 10.5. The number of carbonyl (C=O) groups excluding carboxylic acids is 1. The van der Waals surface area contributed by atoms with Crippen molar-refractivity contribution in [1.29, 1.82) is 0 Å². The molecule has 22 heavy (non-hydrogen) atoms. The van der Waals surface area contributed by atoms with Crippen LogP contribution >= 0.6 is 36.2 Å². The van der Waals surface area contributed by atoms with Crippen LogP contribution in [0.4, 0.5) is 8.78 Å². The maximum atomic E-state index is 12.9. The minimum absolute atomic E-state index is 0. The monoisotopic (exact) mass is 373 g/mol. The Hall–Kier alpha value is -1.22. The minimum atomic E-state index is -3.10. The molecule has 2 aromatic rings. The molecule has 1 amide bonds. The molecule has 5 nitrogen and oxygen atoms in total. The van der Waals surface area contributed by atoms with E-state index in [-0.39, 0.29) is 31.2 Å². The molecule has 10 heteroatoms. The summed E-state index contributed by atoms with van der Waals surface area (Å²) in [6.07, 6.45) is 1.23. The van der Waals surface area contributed by atoms with Gasteiger partial charge in [0.1, 0.15) is 6.26 Å². The number of alkyl halides is 2. The topological polar surface area (TPSA) is 81.1 Å². The summed E-state index contributed by atoms with van der Waals surface area (Å²) in [5.74, 6) is -3.24. The molecule has 0 aliphatic carbocycles. The molecule has 0 bridgehead atoms. The van der Waals surface area contributed by atoms with E-state index in [1.54, 1.807) is 0 Å². The van der Waals surface area contributed by atoms with Gasteiger partial charge in [-0.2, -0.15) is 0 Å². The van der Waals surface area contributed by atoms with Crippen molar-refractivity contribution in [1.82, 2.24) is 10.3 Å². The number of carbonyl (C=O) groups is 1. The number of hydrogen-bond acceptors (Lipinski definition) is 5. The van der Waals surface area contributed by atoms with Gasteiger partial charge in [0.15, 0.2) is 0 Å². The van der Waals surface area contributed by atoms with Crippen LogP contribution in [0.3, 0.4) is 0 Å². The summed E-state index contributed by atoms with van der Waals surface area (Å²) in [5.41, 5.74) is 5.27. The summed E-state index contributed by atoms with van der Waals surface area (Å²) in [6.45, 7) is -1.59. The Labute approximate surface area is 142 Å². The van der Waals surface area contributed by atoms with Crippen LogP contribution in [0.25, 0.3) is 10.8 Å². The Bertz CT molecular complexity index is 579. The third-order valence-corrected chi connectivity index (χ3v) is 3.33. The Morgan fingerprint density at radius 3 is 2.77 bits per heavy atom. The first-order valence-electron chi connectivity index (χ1n) is 5.83. The number of nitrogens with one attached hydrogen (secondary N) is 1. The fourth-order valence-electron chi connectivity index (χ4n) is 1.43. The number of halogens is 4. The van der Waals surface area contributed by atoms with Crippen molar-refractivity contribution < 1.29 is 18.0 Å². The largest absolute Gasteiger partial charge is 0.444 e. The summed E-state index contributed by atoms with van der Waals surface area (Å²) in [6, 6.07) is 3.69. The number of aromatic nitrogens is 1. The molecule has 0 aromatic carbocycles. The Morgan fingerprint density at radius 1 is 1.45 bits per heavy atom. The average molecular weight is 374 g/mol. The summed E-state index contributed by atoms with van der Waals surface area (Å²) in [5, 5.41) is 3.99. The second kappa shape index (κ2) is 9.04. The smallest absolute Gasteiger partial charge is 0.277 e. The van der Waals surface area contributed by atoms with Crippen molar-refractivity contribution in [2.75, 3.05) is 13.1 Å². The van der Waals surface area contributed by atoms with Crippen LogP contribution in [-0.2, 0) is 11.2 Å². The van der Waals surface area contributed by atoms with Crippen LogP contribution in [0, 0.1) is 0 Å². The molecule has 2 rings (SSSR count). The van der Waals surface area contributed by atoms with E-state index < -0.39 is 24.9 Å². The second-order valence-electron chi connectivity index (χ2n) is 4.13. The second-order valence-corrected chi connectivity index (χ2v) is 5.08. The molecule has 0 saturated carbocycles. The molecule has 0 aliphatic rings. The number of rotatable bonds is 6. The number of hydrogen-bond donors (Lipinski definition) is 2. The van der Waals surface area contributed by atoms with Gasteiger partial charge in [0.05, 0.1) is 30.1 Å². The minimum Gasteiger partial charge on any atom is -0.444 e. The highest BCUT2D eigenvalue weighted by atomic mass is 35.5. The molecule has 2 heterocycles. The van der Waals surface area contributed by atoms with Crippen molar-refractivity contribution in [3.05, 3.63) is 29.5 Å². The molecule has 0 fully saturated rings. The lowest BCUT2D eigenvalue weighted by molar-refractivity contribution is -0.122. The number of nitrogens with zero attached hydrogens (tertiary/aromatic N) is 1. The molecule has 0 unspecified atom stereocenters. The van der Waals surface area contributed by atoms with E-state index in [9.17, 15) is 13.6 Å². The van der Waals surface area contributed by atoms with Crippen LogP contribution < -0.4 is 11.1 Å². The van der Waals surface area contributed by atoms with Gasteiger partial charge in [-0.3, -0.25) is 4.79 Å². The van der Waals surface area contributed by atoms with Crippen LogP contribution in [0.2, 0.25) is 0 Å². The first-order chi connectivity index (χ1) is 9.50. The lowest BCUT2D eigenvalue weighted by Gasteiger charge is -2.13. The number of thiophene rings is 1. The van der Waals surface area contributed by atoms with Gasteiger partial charge in [0.2, 0.25) is 11.8 Å². The van der Waals surface area contributed by atoms with Crippen molar-refractivity contribution >= 4 is 42.1 Å². The molecule has 124 valence electrons. The highest BCUT2D eigenvalue weighted by Crippen LogP contribution is 2.23. The maximum absolute atomic E-state index is 12.9. The fraction of sp³-hybridized carbons (Fsp3) is 0.333. The van der Waals surface area contributed by atoms with Gasteiger partial charge in [0, 0.05) is 0 Å². The van der Waals surface area contributed by atoms with E-state index in [0.717, 1.165) is 4.88 Å². The Kier molecular flexibility index (Phi) is 8.54. The van der Waals surface area contributed by atoms with Crippen molar-refractivity contribution in [3.63, 3.8) is 0 Å². The zero-order valence-electron chi connectivity index (χ0n) is 11.3. The van der Waals surface area contributed by atoms with Gasteiger partial charge in [-0.15, -0.1) is 36.2 Å². The molecule has 0 spiro atoms. The van der Waals surface area contributed by atoms with Crippen LogP contribution in [0.1, 0.15) is 5.69 Å². The third kappa shape index (κ3) is 5.88. The lowest BCUT2D eigenvalue weighted by Crippen LogP contribution is -2.42. The van der Waals surface area contributed by atoms with Gasteiger partial charge >= 0.3 is 0 Å². The van der Waals surface area contributed by atoms with Crippen LogP contribution in [0.5, 0.6) is 0 Å². The maximum Gasteiger partial charge on any atom is 0.277 e. The Balaban J connectivity index is 0.00000220. The SMILES string of the molecule is Cl.Cl.NCC(F)(F)CNC(=O)Cc1coc(-c2cccs2)n1. The van der Waals surface area contributed by atoms with Crippen LogP contribution in [-0.4, -0.2) is 29.9 Å². The van der Waals surface area contributed by atoms with E-state index >= 15 is 0 Å². The first kappa shape index (κ1) is 20.8. The average Bonchev–Trinajstić information content (AvgIpc) is 3.07. The molecular formula is C12H15Cl2F2N3O2S. The van der Waals surface area contributed by atoms with E-state index in [0.29, 0.717) is 11.6 Å². The van der Waals surface area contributed by atoms with Crippen molar-refractivity contribution in [2.45, 2.75) is 12.3 Å². The number of nitrogens with two attached hydrogens (primary N) is 1. The van der Waals surface area contributed by atoms with Gasteiger partial charge in [-0.1, -0.05) is 6.07 Å². The molecule has 0 radical (unpaired) electrons. The zero-order chi connectivity index (χ0) is 14.6. The standard InChI is InChI=1S/C12H13F2N3O2S.2ClH/c13-12(14,6-15)7-16-10(18)4-8-5-19-11(17-8)9-2-1-3-20-9;;/h1-3,5H,4,6-7,15H2,(H,16,18);2*1H. The molecule has 0 aliphatic heterocycles. The highest BCUT2D eigenvalue weighted by Gasteiger charge is 2.27. The Morgan fingerprint density at radius 2 is 2.18 bits per heavy atom. The van der Waals surface area contributed by atoms with Crippen molar-refractivity contribution in [2.24, 2.45) is 5.73 Å². The number of amides is 1. The quantitative estimate of drug-likeness (QED) is 0.814. The molecule has 0 saturated heterocycles. The van der Waals surface area contributed by atoms with Gasteiger partial charge in [0.25, 0.3) is 5.92 Å². The van der Waals surface area contributed by atoms with E-state index in [4.69, 9.17) is 10.2 Å². The summed E-state index contributed by atoms with van der Waals surface area (Å²) in [7, 11) is 0. The van der Waals surface area contributed by atoms with Gasteiger partial charge in [-0.25, -0.2) is 13.8 Å². The lowest BCUT2D eigenvalue weighted by atomic mass is 10.3. The zero-order valence-corrected chi connectivity index (χ0v) is 13.7. The number of oxazole rings is 1. The summed E-state index contributed by atoms with van der Waals surface area (Å²) >= 11 is 1.45. The van der Waals surface area contributed by atoms with Gasteiger partial charge in [-0.05, 0) is 11.4 Å². The summed E-state index contributed by atoms with van der Waals surface area (Å²) in [4.78, 5) is 16.5. The fourth-order valence-corrected chi connectivity index (χ4v) is 2.08. The van der Waals surface area contributed by atoms with Crippen molar-refractivity contribution in [3.8, 4) is 10.8 Å². The van der Waals surface area contributed by atoms with Gasteiger partial charge < -0.3 is 15.5 Å². The molecular weight excluding hydrogens is 359 g/mol. The molecule has 2 aromatic heterocycles. The summed E-state index contributed by atoms with van der Waals surface area (Å²) < 4.78 is 31.0. The van der Waals surface area contributed by atoms with Crippen LogP contribution in [0.15, 0.2) is 28.2 Å². The molecule has 3 N–H and O–H groups in total.